The van der Waals surface area contributed by atoms with Crippen molar-refractivity contribution in [3.05, 3.63) is 0 Å². The second kappa shape index (κ2) is 5.85. The van der Waals surface area contributed by atoms with Gasteiger partial charge in [0.2, 0.25) is 5.91 Å². The number of carbonyl (C=O) groups excluding carboxylic acids is 1. The summed E-state index contributed by atoms with van der Waals surface area (Å²) in [7, 11) is 0. The van der Waals surface area contributed by atoms with E-state index in [4.69, 9.17) is 5.73 Å². The maximum absolute atomic E-state index is 12.0. The van der Waals surface area contributed by atoms with E-state index in [0.29, 0.717) is 6.04 Å². The lowest BCUT2D eigenvalue weighted by molar-refractivity contribution is -0.125. The summed E-state index contributed by atoms with van der Waals surface area (Å²) in [4.78, 5) is 12.0. The van der Waals surface area contributed by atoms with E-state index in [2.05, 4.69) is 12.2 Å². The van der Waals surface area contributed by atoms with Crippen LogP contribution >= 0.6 is 0 Å². The third-order valence-corrected chi connectivity index (χ3v) is 3.82. The number of nitrogens with one attached hydrogen (secondary N) is 1. The SMILES string of the molecule is CC1CCCC(NC(=O)[C@H](N)C(C)(C)C)CC1. The van der Waals surface area contributed by atoms with Crippen LogP contribution in [0, 0.1) is 11.3 Å². The van der Waals surface area contributed by atoms with Gasteiger partial charge in [0.25, 0.3) is 0 Å². The van der Waals surface area contributed by atoms with E-state index >= 15 is 0 Å². The molecule has 3 nitrogen and oxygen atoms in total. The van der Waals surface area contributed by atoms with E-state index in [-0.39, 0.29) is 11.3 Å². The molecular weight excluding hydrogens is 212 g/mol. The van der Waals surface area contributed by atoms with E-state index in [1.54, 1.807) is 0 Å². The Morgan fingerprint density at radius 3 is 2.47 bits per heavy atom. The lowest BCUT2D eigenvalue weighted by Crippen LogP contribution is -2.51. The van der Waals surface area contributed by atoms with Crippen molar-refractivity contribution in [2.24, 2.45) is 17.1 Å². The number of rotatable bonds is 2. The van der Waals surface area contributed by atoms with Crippen LogP contribution in [0.4, 0.5) is 0 Å². The zero-order valence-corrected chi connectivity index (χ0v) is 11.8. The Bertz CT molecular complexity index is 257. The summed E-state index contributed by atoms with van der Waals surface area (Å²) in [5.41, 5.74) is 5.80. The van der Waals surface area contributed by atoms with Gasteiger partial charge in [-0.05, 0) is 30.6 Å². The minimum atomic E-state index is -0.414. The highest BCUT2D eigenvalue weighted by Gasteiger charge is 2.29. The van der Waals surface area contributed by atoms with Gasteiger partial charge in [0.1, 0.15) is 0 Å². The third kappa shape index (κ3) is 4.66. The van der Waals surface area contributed by atoms with Gasteiger partial charge in [0.15, 0.2) is 0 Å². The highest BCUT2D eigenvalue weighted by atomic mass is 16.2. The minimum absolute atomic E-state index is 0.0112. The molecule has 1 rings (SSSR count). The Labute approximate surface area is 106 Å². The molecule has 1 aliphatic carbocycles. The molecule has 3 atom stereocenters. The third-order valence-electron chi connectivity index (χ3n) is 3.82. The molecule has 1 amide bonds. The van der Waals surface area contributed by atoms with E-state index in [0.717, 1.165) is 18.8 Å². The molecule has 3 heteroatoms. The van der Waals surface area contributed by atoms with Gasteiger partial charge in [-0.1, -0.05) is 40.5 Å². The van der Waals surface area contributed by atoms with Gasteiger partial charge in [-0.25, -0.2) is 0 Å². The summed E-state index contributed by atoms with van der Waals surface area (Å²) in [5, 5.41) is 3.12. The van der Waals surface area contributed by atoms with E-state index < -0.39 is 6.04 Å². The Morgan fingerprint density at radius 1 is 1.24 bits per heavy atom. The second-order valence-electron chi connectivity index (χ2n) is 6.66. The molecule has 0 aromatic heterocycles. The normalized spacial score (nSPS) is 28.3. The van der Waals surface area contributed by atoms with Gasteiger partial charge in [0, 0.05) is 6.04 Å². The van der Waals surface area contributed by atoms with Gasteiger partial charge < -0.3 is 11.1 Å². The van der Waals surface area contributed by atoms with Crippen LogP contribution in [0.2, 0.25) is 0 Å². The molecule has 0 spiro atoms. The molecule has 17 heavy (non-hydrogen) atoms. The highest BCUT2D eigenvalue weighted by Crippen LogP contribution is 2.23. The van der Waals surface area contributed by atoms with E-state index in [1.807, 2.05) is 20.8 Å². The van der Waals surface area contributed by atoms with Gasteiger partial charge in [0.05, 0.1) is 6.04 Å². The number of hydrogen-bond donors (Lipinski definition) is 2. The fraction of sp³-hybridized carbons (Fsp3) is 0.929. The maximum atomic E-state index is 12.0. The molecule has 0 aliphatic heterocycles. The largest absolute Gasteiger partial charge is 0.352 e. The lowest BCUT2D eigenvalue weighted by atomic mass is 9.86. The van der Waals surface area contributed by atoms with E-state index in [9.17, 15) is 4.79 Å². The van der Waals surface area contributed by atoms with Crippen LogP contribution in [0.25, 0.3) is 0 Å². The Kier molecular flexibility index (Phi) is 4.99. The van der Waals surface area contributed by atoms with Crippen molar-refractivity contribution < 1.29 is 4.79 Å². The van der Waals surface area contributed by atoms with Gasteiger partial charge in [-0.2, -0.15) is 0 Å². The van der Waals surface area contributed by atoms with Crippen molar-refractivity contribution in [1.29, 1.82) is 0 Å². The van der Waals surface area contributed by atoms with E-state index in [1.165, 1.54) is 19.3 Å². The van der Waals surface area contributed by atoms with Crippen molar-refractivity contribution >= 4 is 5.91 Å². The van der Waals surface area contributed by atoms with Crippen LogP contribution in [0.5, 0.6) is 0 Å². The van der Waals surface area contributed by atoms with Gasteiger partial charge >= 0.3 is 0 Å². The number of nitrogens with two attached hydrogens (primary N) is 1. The van der Waals surface area contributed by atoms with Crippen LogP contribution in [0.1, 0.15) is 59.8 Å². The fourth-order valence-corrected chi connectivity index (χ4v) is 2.32. The first-order valence-corrected chi connectivity index (χ1v) is 6.86. The van der Waals surface area contributed by atoms with Crippen molar-refractivity contribution in [3.63, 3.8) is 0 Å². The molecule has 3 N–H and O–H groups in total. The first-order chi connectivity index (χ1) is 7.80. The Balaban J connectivity index is 2.45. The molecule has 100 valence electrons. The minimum Gasteiger partial charge on any atom is -0.352 e. The molecule has 1 aliphatic rings. The first kappa shape index (κ1) is 14.5. The first-order valence-electron chi connectivity index (χ1n) is 6.86. The predicted molar refractivity (Wildman–Crippen MR) is 71.6 cm³/mol. The number of amides is 1. The molecule has 1 fully saturated rings. The van der Waals surface area contributed by atoms with Crippen LogP contribution in [0.3, 0.4) is 0 Å². The monoisotopic (exact) mass is 240 g/mol. The zero-order chi connectivity index (χ0) is 13.1. The smallest absolute Gasteiger partial charge is 0.237 e. The van der Waals surface area contributed by atoms with Crippen molar-refractivity contribution in [2.75, 3.05) is 0 Å². The second-order valence-corrected chi connectivity index (χ2v) is 6.66. The molecule has 2 unspecified atom stereocenters. The average molecular weight is 240 g/mol. The quantitative estimate of drug-likeness (QED) is 0.728. The molecule has 0 aromatic carbocycles. The lowest BCUT2D eigenvalue weighted by Gasteiger charge is -2.28. The van der Waals surface area contributed by atoms with Crippen LogP contribution < -0.4 is 11.1 Å². The predicted octanol–water partition coefficient (Wildman–Crippen LogP) is 2.44. The molecule has 0 saturated heterocycles. The molecule has 1 saturated carbocycles. The molecule has 0 aromatic rings. The van der Waals surface area contributed by atoms with Crippen LogP contribution in [0.15, 0.2) is 0 Å². The molecule has 0 heterocycles. The Hall–Kier alpha value is -0.570. The summed E-state index contributed by atoms with van der Waals surface area (Å²) < 4.78 is 0. The van der Waals surface area contributed by atoms with Gasteiger partial charge in [-0.15, -0.1) is 0 Å². The molecule has 0 radical (unpaired) electrons. The van der Waals surface area contributed by atoms with Crippen molar-refractivity contribution in [1.82, 2.24) is 5.32 Å². The van der Waals surface area contributed by atoms with Crippen LogP contribution in [-0.2, 0) is 4.79 Å². The van der Waals surface area contributed by atoms with Gasteiger partial charge in [-0.3, -0.25) is 4.79 Å². The maximum Gasteiger partial charge on any atom is 0.237 e. The summed E-state index contributed by atoms with van der Waals surface area (Å²) >= 11 is 0. The zero-order valence-electron chi connectivity index (χ0n) is 11.8. The number of carbonyl (C=O) groups is 1. The van der Waals surface area contributed by atoms with Crippen molar-refractivity contribution in [3.8, 4) is 0 Å². The van der Waals surface area contributed by atoms with Crippen molar-refractivity contribution in [2.45, 2.75) is 71.9 Å². The molecule has 0 bridgehead atoms. The average Bonchev–Trinajstić information content (AvgIpc) is 2.41. The fourth-order valence-electron chi connectivity index (χ4n) is 2.32. The molecular formula is C14H28N2O. The summed E-state index contributed by atoms with van der Waals surface area (Å²) in [6, 6.07) is -0.0796. The summed E-state index contributed by atoms with van der Waals surface area (Å²) in [5.74, 6) is 0.810. The topological polar surface area (TPSA) is 55.1 Å². The standard InChI is InChI=1S/C14H28N2O/c1-10-6-5-7-11(9-8-10)16-13(17)12(15)14(2,3)4/h10-12H,5-9,15H2,1-4H3,(H,16,17)/t10?,11?,12-/m0/s1. The number of hydrogen-bond acceptors (Lipinski definition) is 2. The summed E-state index contributed by atoms with van der Waals surface area (Å²) in [6.45, 7) is 8.32. The summed E-state index contributed by atoms with van der Waals surface area (Å²) in [6.07, 6.45) is 5.93. The highest BCUT2D eigenvalue weighted by molar-refractivity contribution is 5.82. The van der Waals surface area contributed by atoms with Crippen LogP contribution in [-0.4, -0.2) is 18.0 Å². The Morgan fingerprint density at radius 2 is 1.88 bits per heavy atom.